The van der Waals surface area contributed by atoms with Gasteiger partial charge in [-0.3, -0.25) is 0 Å². The molecule has 0 bridgehead atoms. The van der Waals surface area contributed by atoms with Gasteiger partial charge in [0.15, 0.2) is 0 Å². The number of halogens is 3. The molecule has 2 aliphatic carbocycles. The van der Waals surface area contributed by atoms with E-state index in [0.717, 1.165) is 24.4 Å². The summed E-state index contributed by atoms with van der Waals surface area (Å²) in [5.41, 5.74) is -1.73. The molecule has 0 saturated heterocycles. The van der Waals surface area contributed by atoms with Gasteiger partial charge in [0.05, 0.1) is 0 Å². The summed E-state index contributed by atoms with van der Waals surface area (Å²) in [7, 11) is 0. The molecule has 1 heterocycles. The van der Waals surface area contributed by atoms with Crippen LogP contribution in [0.5, 0.6) is 0 Å². The van der Waals surface area contributed by atoms with E-state index in [1.807, 2.05) is 0 Å². The second-order valence-corrected chi connectivity index (χ2v) is 5.19. The number of rotatable bonds is 3. The highest BCUT2D eigenvalue weighted by Gasteiger charge is 2.64. The predicted molar refractivity (Wildman–Crippen MR) is 53.5 cm³/mol. The van der Waals surface area contributed by atoms with Gasteiger partial charge in [-0.05, 0) is 25.7 Å². The molecule has 0 aromatic carbocycles. The highest BCUT2D eigenvalue weighted by atomic mass is 32.1. The van der Waals surface area contributed by atoms with Gasteiger partial charge in [0.2, 0.25) is 5.13 Å². The molecule has 0 aliphatic heterocycles. The smallest absolute Gasteiger partial charge is 0.346 e. The highest BCUT2D eigenvalue weighted by Crippen LogP contribution is 2.51. The zero-order valence-corrected chi connectivity index (χ0v) is 9.16. The number of hydrogen-bond donors (Lipinski definition) is 1. The molecule has 0 radical (unpaired) electrons. The van der Waals surface area contributed by atoms with Crippen molar-refractivity contribution in [2.24, 2.45) is 0 Å². The van der Waals surface area contributed by atoms with Gasteiger partial charge in [0, 0.05) is 17.5 Å². The van der Waals surface area contributed by atoms with Crippen LogP contribution in [0.25, 0.3) is 0 Å². The minimum atomic E-state index is -4.20. The van der Waals surface area contributed by atoms with Crippen LogP contribution in [0.4, 0.5) is 18.3 Å². The maximum absolute atomic E-state index is 12.7. The minimum absolute atomic E-state index is 0.134. The van der Waals surface area contributed by atoms with Crippen LogP contribution in [0.15, 0.2) is 0 Å². The summed E-state index contributed by atoms with van der Waals surface area (Å²) >= 11 is 1.03. The van der Waals surface area contributed by atoms with Crippen LogP contribution in [-0.2, 0) is 0 Å². The number of nitrogens with zero attached hydrogens (tertiary/aromatic N) is 2. The van der Waals surface area contributed by atoms with Crippen LogP contribution in [0, 0.1) is 0 Å². The fourth-order valence-corrected chi connectivity index (χ4v) is 2.35. The van der Waals surface area contributed by atoms with Gasteiger partial charge in [-0.15, -0.1) is 0 Å². The molecule has 0 spiro atoms. The lowest BCUT2D eigenvalue weighted by Gasteiger charge is -2.19. The Morgan fingerprint density at radius 1 is 1.31 bits per heavy atom. The molecular formula is C9H10F3N3S. The summed E-state index contributed by atoms with van der Waals surface area (Å²) < 4.78 is 42.0. The summed E-state index contributed by atoms with van der Waals surface area (Å²) in [6.07, 6.45) is -1.82. The second-order valence-electron chi connectivity index (χ2n) is 4.44. The normalized spacial score (nSPS) is 23.2. The topological polar surface area (TPSA) is 37.8 Å². The molecule has 1 N–H and O–H groups in total. The largest absolute Gasteiger partial charge is 0.411 e. The fourth-order valence-electron chi connectivity index (χ4n) is 1.60. The van der Waals surface area contributed by atoms with E-state index in [4.69, 9.17) is 0 Å². The number of alkyl halides is 3. The van der Waals surface area contributed by atoms with Gasteiger partial charge >= 0.3 is 6.18 Å². The van der Waals surface area contributed by atoms with Crippen LogP contribution in [-0.4, -0.2) is 21.1 Å². The minimum Gasteiger partial charge on any atom is -0.346 e. The quantitative estimate of drug-likeness (QED) is 0.895. The first-order valence-corrected chi connectivity index (χ1v) is 5.96. The van der Waals surface area contributed by atoms with Crippen molar-refractivity contribution in [1.29, 1.82) is 0 Å². The molecule has 3 nitrogen and oxygen atoms in total. The number of nitrogens with one attached hydrogen (secondary N) is 1. The maximum atomic E-state index is 12.7. The summed E-state index contributed by atoms with van der Waals surface area (Å²) in [6.45, 7) is 0. The Morgan fingerprint density at radius 3 is 2.50 bits per heavy atom. The molecule has 2 fully saturated rings. The Balaban J connectivity index is 1.74. The van der Waals surface area contributed by atoms with Crippen LogP contribution < -0.4 is 5.32 Å². The Kier molecular flexibility index (Phi) is 1.99. The van der Waals surface area contributed by atoms with Crippen LogP contribution in [0.2, 0.25) is 0 Å². The summed E-state index contributed by atoms with van der Waals surface area (Å²) in [6, 6.07) is 0. The lowest BCUT2D eigenvalue weighted by atomic mass is 10.3. The van der Waals surface area contributed by atoms with Crippen molar-refractivity contribution >= 4 is 16.7 Å². The molecule has 16 heavy (non-hydrogen) atoms. The van der Waals surface area contributed by atoms with Crippen LogP contribution >= 0.6 is 11.5 Å². The molecule has 88 valence electrons. The number of anilines is 1. The van der Waals surface area contributed by atoms with E-state index < -0.39 is 11.7 Å². The third-order valence-electron chi connectivity index (χ3n) is 3.02. The highest BCUT2D eigenvalue weighted by molar-refractivity contribution is 7.09. The van der Waals surface area contributed by atoms with E-state index in [1.54, 1.807) is 0 Å². The molecule has 1 aromatic heterocycles. The Morgan fingerprint density at radius 2 is 2.00 bits per heavy atom. The molecule has 1 aromatic rings. The van der Waals surface area contributed by atoms with Crippen molar-refractivity contribution in [1.82, 2.24) is 9.36 Å². The van der Waals surface area contributed by atoms with Crippen molar-refractivity contribution in [2.75, 3.05) is 5.32 Å². The Bertz CT molecular complexity index is 406. The van der Waals surface area contributed by atoms with E-state index in [1.165, 1.54) is 0 Å². The van der Waals surface area contributed by atoms with Crippen molar-refractivity contribution < 1.29 is 13.2 Å². The van der Waals surface area contributed by atoms with E-state index in [2.05, 4.69) is 14.7 Å². The molecule has 2 saturated carbocycles. The first-order chi connectivity index (χ1) is 7.50. The second kappa shape index (κ2) is 3.09. The third-order valence-corrected chi connectivity index (χ3v) is 3.67. The zero-order valence-electron chi connectivity index (χ0n) is 8.34. The lowest BCUT2D eigenvalue weighted by Crippen LogP contribution is -2.38. The number of hydrogen-bond acceptors (Lipinski definition) is 4. The molecule has 7 heteroatoms. The van der Waals surface area contributed by atoms with Gasteiger partial charge in [0.1, 0.15) is 11.4 Å². The van der Waals surface area contributed by atoms with Gasteiger partial charge < -0.3 is 5.32 Å². The maximum Gasteiger partial charge on any atom is 0.411 e. The zero-order chi connectivity index (χ0) is 11.4. The van der Waals surface area contributed by atoms with Gasteiger partial charge in [-0.1, -0.05) is 0 Å². The Hall–Kier alpha value is -0.850. The molecule has 3 rings (SSSR count). The summed E-state index contributed by atoms with van der Waals surface area (Å²) in [5, 5.41) is 2.79. The van der Waals surface area contributed by atoms with E-state index in [-0.39, 0.29) is 12.8 Å². The van der Waals surface area contributed by atoms with Crippen LogP contribution in [0.1, 0.15) is 37.4 Å². The fraction of sp³-hybridized carbons (Fsp3) is 0.778. The van der Waals surface area contributed by atoms with Gasteiger partial charge in [0.25, 0.3) is 0 Å². The molecule has 0 unspecified atom stereocenters. The van der Waals surface area contributed by atoms with Crippen LogP contribution in [0.3, 0.4) is 0 Å². The van der Waals surface area contributed by atoms with Gasteiger partial charge in [-0.25, -0.2) is 4.98 Å². The predicted octanol–water partition coefficient (Wildman–Crippen LogP) is 2.92. The standard InChI is InChI=1S/C9H10F3N3S/c10-9(11,12)8(3-4-8)14-7-13-6(15-16-7)5-1-2-5/h5H,1-4H2,(H,13,14,15). The SMILES string of the molecule is FC(F)(F)C1(Nc2nc(C3CC3)ns2)CC1. The van der Waals surface area contributed by atoms with E-state index in [9.17, 15) is 13.2 Å². The Labute approximate surface area is 94.2 Å². The van der Waals surface area contributed by atoms with E-state index in [0.29, 0.717) is 16.9 Å². The molecule has 0 atom stereocenters. The van der Waals surface area contributed by atoms with Gasteiger partial charge in [-0.2, -0.15) is 17.5 Å². The third kappa shape index (κ3) is 1.66. The number of aromatic nitrogens is 2. The average molecular weight is 249 g/mol. The summed E-state index contributed by atoms with van der Waals surface area (Å²) in [5.74, 6) is 1.08. The molecular weight excluding hydrogens is 239 g/mol. The average Bonchev–Trinajstić information content (AvgIpc) is 3.05. The molecule has 0 amide bonds. The molecule has 2 aliphatic rings. The monoisotopic (exact) mass is 249 g/mol. The first-order valence-electron chi connectivity index (χ1n) is 5.19. The van der Waals surface area contributed by atoms with Crippen molar-refractivity contribution in [3.05, 3.63) is 5.82 Å². The van der Waals surface area contributed by atoms with Crippen molar-refractivity contribution in [2.45, 2.75) is 43.3 Å². The van der Waals surface area contributed by atoms with Crippen molar-refractivity contribution in [3.63, 3.8) is 0 Å². The first kappa shape index (κ1) is 10.3. The summed E-state index contributed by atoms with van der Waals surface area (Å²) in [4.78, 5) is 4.11. The van der Waals surface area contributed by atoms with Crippen molar-refractivity contribution in [3.8, 4) is 0 Å². The van der Waals surface area contributed by atoms with E-state index >= 15 is 0 Å². The lowest BCUT2D eigenvalue weighted by molar-refractivity contribution is -0.151.